The summed E-state index contributed by atoms with van der Waals surface area (Å²) < 4.78 is 45.9. The minimum absolute atomic E-state index is 0.0403. The van der Waals surface area contributed by atoms with Gasteiger partial charge in [0.2, 0.25) is 0 Å². The van der Waals surface area contributed by atoms with E-state index in [9.17, 15) is 13.2 Å². The number of halogens is 3. The van der Waals surface area contributed by atoms with E-state index in [-0.39, 0.29) is 15.9 Å². The minimum Gasteiger partial charge on any atom is -0.497 e. The predicted octanol–water partition coefficient (Wildman–Crippen LogP) is 5.96. The van der Waals surface area contributed by atoms with Crippen LogP contribution in [-0.2, 0) is 6.18 Å². The molecule has 0 spiro atoms. The second-order valence-corrected chi connectivity index (χ2v) is 6.84. The molecular formula is C20H13F3N2OS. The fraction of sp³-hybridized carbons (Fsp3) is 0.100. The second-order valence-electron chi connectivity index (χ2n) is 5.83. The molecule has 0 bridgehead atoms. The molecule has 0 aliphatic carbocycles. The molecule has 4 aromatic rings. The van der Waals surface area contributed by atoms with Crippen LogP contribution in [0.2, 0.25) is 0 Å². The summed E-state index contributed by atoms with van der Waals surface area (Å²) in [6.07, 6.45) is -2.85. The van der Waals surface area contributed by atoms with Gasteiger partial charge >= 0.3 is 6.18 Å². The molecule has 0 amide bonds. The number of rotatable bonds is 3. The first-order valence-corrected chi connectivity index (χ1v) is 8.85. The number of alkyl halides is 3. The van der Waals surface area contributed by atoms with Crippen molar-refractivity contribution in [3.05, 3.63) is 66.4 Å². The maximum Gasteiger partial charge on any atom is 0.417 e. The molecule has 2 aromatic heterocycles. The molecule has 2 aromatic carbocycles. The lowest BCUT2D eigenvalue weighted by molar-refractivity contribution is -0.136. The highest BCUT2D eigenvalue weighted by Gasteiger charge is 2.33. The van der Waals surface area contributed by atoms with Gasteiger partial charge in [0.05, 0.1) is 18.2 Å². The number of hydrogen-bond acceptors (Lipinski definition) is 4. The van der Waals surface area contributed by atoms with Crippen molar-refractivity contribution in [3.63, 3.8) is 0 Å². The standard InChI is InChI=1S/C20H13F3N2OS/c1-26-13-6-7-15-16(20(21,22)23)11-18(25-17(15)10-13)27-19-14-5-3-2-4-12(14)8-9-24-19/h2-11H,1H3. The van der Waals surface area contributed by atoms with E-state index in [1.807, 2.05) is 30.3 Å². The quantitative estimate of drug-likeness (QED) is 0.435. The first-order chi connectivity index (χ1) is 13.0. The summed E-state index contributed by atoms with van der Waals surface area (Å²) in [4.78, 5) is 8.73. The van der Waals surface area contributed by atoms with Gasteiger partial charge in [-0.3, -0.25) is 0 Å². The Bertz CT molecular complexity index is 1140. The molecule has 0 fully saturated rings. The van der Waals surface area contributed by atoms with Gasteiger partial charge in [0, 0.05) is 23.0 Å². The maximum absolute atomic E-state index is 13.6. The van der Waals surface area contributed by atoms with Crippen molar-refractivity contribution in [2.24, 2.45) is 0 Å². The van der Waals surface area contributed by atoms with Gasteiger partial charge in [-0.1, -0.05) is 24.3 Å². The molecule has 4 rings (SSSR count). The van der Waals surface area contributed by atoms with Crippen molar-refractivity contribution in [2.45, 2.75) is 16.2 Å². The predicted molar refractivity (Wildman–Crippen MR) is 99.2 cm³/mol. The van der Waals surface area contributed by atoms with Crippen molar-refractivity contribution in [3.8, 4) is 5.75 Å². The van der Waals surface area contributed by atoms with E-state index in [0.29, 0.717) is 10.8 Å². The van der Waals surface area contributed by atoms with E-state index in [0.717, 1.165) is 28.6 Å². The summed E-state index contributed by atoms with van der Waals surface area (Å²) in [7, 11) is 1.46. The number of fused-ring (bicyclic) bond motifs is 2. The third kappa shape index (κ3) is 3.42. The van der Waals surface area contributed by atoms with Gasteiger partial charge < -0.3 is 4.74 Å². The Morgan fingerprint density at radius 1 is 0.963 bits per heavy atom. The largest absolute Gasteiger partial charge is 0.497 e. The van der Waals surface area contributed by atoms with Crippen molar-refractivity contribution in [1.82, 2.24) is 9.97 Å². The van der Waals surface area contributed by atoms with Gasteiger partial charge in [-0.15, -0.1) is 0 Å². The summed E-state index contributed by atoms with van der Waals surface area (Å²) in [6.45, 7) is 0. The number of nitrogens with zero attached hydrogens (tertiary/aromatic N) is 2. The summed E-state index contributed by atoms with van der Waals surface area (Å²) in [6, 6.07) is 14.9. The van der Waals surface area contributed by atoms with Gasteiger partial charge in [0.25, 0.3) is 0 Å². The lowest BCUT2D eigenvalue weighted by Gasteiger charge is -2.13. The lowest BCUT2D eigenvalue weighted by atomic mass is 10.1. The van der Waals surface area contributed by atoms with E-state index in [4.69, 9.17) is 4.74 Å². The Morgan fingerprint density at radius 3 is 2.56 bits per heavy atom. The van der Waals surface area contributed by atoms with Crippen molar-refractivity contribution in [1.29, 1.82) is 0 Å². The number of aromatic nitrogens is 2. The van der Waals surface area contributed by atoms with Gasteiger partial charge in [-0.2, -0.15) is 13.2 Å². The smallest absolute Gasteiger partial charge is 0.417 e. The van der Waals surface area contributed by atoms with Crippen LogP contribution in [0.4, 0.5) is 13.2 Å². The monoisotopic (exact) mass is 386 g/mol. The van der Waals surface area contributed by atoms with E-state index >= 15 is 0 Å². The first-order valence-electron chi connectivity index (χ1n) is 8.03. The Kier molecular flexibility index (Phi) is 4.39. The zero-order valence-electron chi connectivity index (χ0n) is 14.1. The zero-order valence-corrected chi connectivity index (χ0v) is 14.9. The fourth-order valence-electron chi connectivity index (χ4n) is 2.87. The van der Waals surface area contributed by atoms with Crippen LogP contribution in [0.15, 0.2) is 70.8 Å². The minimum atomic E-state index is -4.49. The number of benzene rings is 2. The molecule has 0 saturated carbocycles. The number of ether oxygens (including phenoxy) is 1. The topological polar surface area (TPSA) is 35.0 Å². The summed E-state index contributed by atoms with van der Waals surface area (Å²) in [5, 5.41) is 2.71. The van der Waals surface area contributed by atoms with Crippen LogP contribution in [0, 0.1) is 0 Å². The van der Waals surface area contributed by atoms with Crippen LogP contribution in [-0.4, -0.2) is 17.1 Å². The Morgan fingerprint density at radius 2 is 1.78 bits per heavy atom. The second kappa shape index (κ2) is 6.74. The molecule has 0 unspecified atom stereocenters. The van der Waals surface area contributed by atoms with Gasteiger partial charge in [0.15, 0.2) is 0 Å². The maximum atomic E-state index is 13.6. The molecule has 0 atom stereocenters. The van der Waals surface area contributed by atoms with Crippen LogP contribution in [0.25, 0.3) is 21.7 Å². The van der Waals surface area contributed by atoms with E-state index in [1.54, 1.807) is 6.20 Å². The molecular weight excluding hydrogens is 373 g/mol. The molecule has 0 radical (unpaired) electrons. The van der Waals surface area contributed by atoms with Gasteiger partial charge in [0.1, 0.15) is 15.8 Å². The zero-order chi connectivity index (χ0) is 19.0. The average molecular weight is 386 g/mol. The number of methoxy groups -OCH3 is 1. The van der Waals surface area contributed by atoms with Crippen molar-refractivity contribution in [2.75, 3.05) is 7.11 Å². The molecule has 27 heavy (non-hydrogen) atoms. The highest BCUT2D eigenvalue weighted by molar-refractivity contribution is 7.99. The molecule has 136 valence electrons. The van der Waals surface area contributed by atoms with Crippen LogP contribution in [0.3, 0.4) is 0 Å². The molecule has 0 aliphatic rings. The van der Waals surface area contributed by atoms with Crippen LogP contribution >= 0.6 is 11.8 Å². The lowest BCUT2D eigenvalue weighted by Crippen LogP contribution is -2.07. The molecule has 0 aliphatic heterocycles. The van der Waals surface area contributed by atoms with E-state index < -0.39 is 11.7 Å². The van der Waals surface area contributed by atoms with E-state index in [1.165, 1.54) is 25.3 Å². The van der Waals surface area contributed by atoms with Crippen molar-refractivity contribution >= 4 is 33.4 Å². The van der Waals surface area contributed by atoms with Crippen LogP contribution in [0.5, 0.6) is 5.75 Å². The molecule has 3 nitrogen and oxygen atoms in total. The molecule has 2 heterocycles. The molecule has 0 N–H and O–H groups in total. The SMILES string of the molecule is COc1ccc2c(C(F)(F)F)cc(Sc3nccc4ccccc34)nc2c1. The van der Waals surface area contributed by atoms with Crippen molar-refractivity contribution < 1.29 is 17.9 Å². The summed E-state index contributed by atoms with van der Waals surface area (Å²) >= 11 is 1.11. The van der Waals surface area contributed by atoms with Crippen LogP contribution < -0.4 is 4.74 Å². The highest BCUT2D eigenvalue weighted by atomic mass is 32.2. The number of pyridine rings is 2. The van der Waals surface area contributed by atoms with Gasteiger partial charge in [-0.25, -0.2) is 9.97 Å². The molecule has 0 saturated heterocycles. The fourth-order valence-corrected chi connectivity index (χ4v) is 3.80. The number of hydrogen-bond donors (Lipinski definition) is 0. The Balaban J connectivity index is 1.88. The van der Waals surface area contributed by atoms with E-state index in [2.05, 4.69) is 9.97 Å². The van der Waals surface area contributed by atoms with Gasteiger partial charge in [-0.05, 0) is 41.4 Å². The van der Waals surface area contributed by atoms with Crippen LogP contribution in [0.1, 0.15) is 5.56 Å². The summed E-state index contributed by atoms with van der Waals surface area (Å²) in [5.74, 6) is 0.452. The average Bonchev–Trinajstić information content (AvgIpc) is 2.66. The third-order valence-corrected chi connectivity index (χ3v) is 5.07. The normalized spacial score (nSPS) is 11.9. The molecule has 7 heteroatoms. The Labute approximate surface area is 157 Å². The Hall–Kier alpha value is -2.80. The third-order valence-electron chi connectivity index (χ3n) is 4.14. The highest BCUT2D eigenvalue weighted by Crippen LogP contribution is 2.39. The summed E-state index contributed by atoms with van der Waals surface area (Å²) in [5.41, 5.74) is -0.496. The first kappa shape index (κ1) is 17.6.